The number of carboxylic acid groups (broad SMARTS) is 1. The van der Waals surface area contributed by atoms with Gasteiger partial charge in [0.2, 0.25) is 5.91 Å². The van der Waals surface area contributed by atoms with Gasteiger partial charge < -0.3 is 20.5 Å². The Morgan fingerprint density at radius 1 is 1.28 bits per heavy atom. The van der Waals surface area contributed by atoms with Crippen molar-refractivity contribution in [2.75, 3.05) is 19.8 Å². The van der Waals surface area contributed by atoms with Crippen LogP contribution in [0.25, 0.3) is 0 Å². The first-order valence-corrected chi connectivity index (χ1v) is 6.48. The molecule has 0 bridgehead atoms. The molecule has 0 spiro atoms. The molecule has 0 aromatic rings. The second kappa shape index (κ2) is 5.67. The number of ether oxygens (including phenoxy) is 1. The third-order valence-electron chi connectivity index (χ3n) is 3.83. The lowest BCUT2D eigenvalue weighted by molar-refractivity contribution is -0.161. The summed E-state index contributed by atoms with van der Waals surface area (Å²) in [6.07, 6.45) is 3.66. The number of aliphatic carboxylic acids is 1. The van der Waals surface area contributed by atoms with Crippen LogP contribution in [-0.2, 0) is 14.3 Å². The van der Waals surface area contributed by atoms with Crippen molar-refractivity contribution >= 4 is 11.9 Å². The molecule has 6 heteroatoms. The molecule has 0 aromatic heterocycles. The first kappa shape index (κ1) is 13.3. The third-order valence-corrected chi connectivity index (χ3v) is 3.83. The van der Waals surface area contributed by atoms with E-state index >= 15 is 0 Å². The maximum atomic E-state index is 12.4. The summed E-state index contributed by atoms with van der Waals surface area (Å²) in [5.74, 6) is -1.34. The number of hydrogen-bond donors (Lipinski definition) is 2. The Morgan fingerprint density at radius 2 is 2.00 bits per heavy atom. The third kappa shape index (κ3) is 2.64. The number of nitrogens with zero attached hydrogens (tertiary/aromatic N) is 1. The maximum absolute atomic E-state index is 12.4. The Labute approximate surface area is 106 Å². The summed E-state index contributed by atoms with van der Waals surface area (Å²) in [4.78, 5) is 25.0. The predicted molar refractivity (Wildman–Crippen MR) is 63.9 cm³/mol. The molecule has 2 rings (SSSR count). The zero-order valence-electron chi connectivity index (χ0n) is 10.4. The molecule has 2 aliphatic rings. The number of morpholine rings is 1. The van der Waals surface area contributed by atoms with Crippen LogP contribution in [0.5, 0.6) is 0 Å². The van der Waals surface area contributed by atoms with E-state index in [4.69, 9.17) is 15.6 Å². The largest absolute Gasteiger partial charge is 0.480 e. The van der Waals surface area contributed by atoms with Crippen LogP contribution in [0, 0.1) is 5.92 Å². The molecule has 0 radical (unpaired) electrons. The van der Waals surface area contributed by atoms with Crippen molar-refractivity contribution in [2.45, 2.75) is 37.8 Å². The van der Waals surface area contributed by atoms with Crippen LogP contribution in [0.1, 0.15) is 25.7 Å². The molecule has 1 saturated heterocycles. The lowest BCUT2D eigenvalue weighted by atomic mass is 9.84. The van der Waals surface area contributed by atoms with Gasteiger partial charge in [-0.25, -0.2) is 4.79 Å². The molecule has 1 aliphatic carbocycles. The van der Waals surface area contributed by atoms with Crippen LogP contribution in [0.15, 0.2) is 0 Å². The smallest absolute Gasteiger partial charge is 0.328 e. The summed E-state index contributed by atoms with van der Waals surface area (Å²) in [5, 5.41) is 9.12. The van der Waals surface area contributed by atoms with Gasteiger partial charge in [0.25, 0.3) is 0 Å². The standard InChI is InChI=1S/C12H20N2O4/c13-9-4-2-1-3-8(9)11(15)14-5-6-18-7-10(14)12(16)17/h8-10H,1-7,13H2,(H,16,17). The first-order chi connectivity index (χ1) is 8.61. The van der Waals surface area contributed by atoms with Gasteiger partial charge in [-0.15, -0.1) is 0 Å². The molecule has 2 fully saturated rings. The number of nitrogens with two attached hydrogens (primary N) is 1. The zero-order valence-corrected chi connectivity index (χ0v) is 10.4. The Kier molecular flexibility index (Phi) is 4.19. The van der Waals surface area contributed by atoms with Gasteiger partial charge in [-0.05, 0) is 12.8 Å². The number of hydrogen-bond acceptors (Lipinski definition) is 4. The molecular weight excluding hydrogens is 236 g/mol. The second-order valence-electron chi connectivity index (χ2n) is 5.02. The van der Waals surface area contributed by atoms with E-state index in [1.165, 1.54) is 4.90 Å². The lowest BCUT2D eigenvalue weighted by Crippen LogP contribution is -2.56. The molecule has 0 aromatic carbocycles. The van der Waals surface area contributed by atoms with Gasteiger partial charge in [-0.3, -0.25) is 4.79 Å². The molecule has 6 nitrogen and oxygen atoms in total. The Bertz CT molecular complexity index is 334. The Balaban J connectivity index is 2.07. The number of amides is 1. The lowest BCUT2D eigenvalue weighted by Gasteiger charge is -2.38. The van der Waals surface area contributed by atoms with Gasteiger partial charge >= 0.3 is 5.97 Å². The number of rotatable bonds is 2. The van der Waals surface area contributed by atoms with Gasteiger partial charge in [0.05, 0.1) is 19.1 Å². The molecule has 1 saturated carbocycles. The number of carbonyl (C=O) groups is 2. The minimum absolute atomic E-state index is 0.0725. The van der Waals surface area contributed by atoms with Gasteiger partial charge in [0, 0.05) is 12.6 Å². The zero-order chi connectivity index (χ0) is 13.1. The highest BCUT2D eigenvalue weighted by Gasteiger charge is 2.38. The van der Waals surface area contributed by atoms with Crippen LogP contribution in [0.2, 0.25) is 0 Å². The van der Waals surface area contributed by atoms with E-state index in [1.807, 2.05) is 0 Å². The predicted octanol–water partition coefficient (Wildman–Crippen LogP) is -0.184. The molecule has 3 N–H and O–H groups in total. The number of carboxylic acids is 1. The van der Waals surface area contributed by atoms with E-state index in [2.05, 4.69) is 0 Å². The topological polar surface area (TPSA) is 92.9 Å². The fourth-order valence-corrected chi connectivity index (χ4v) is 2.75. The minimum atomic E-state index is -1.01. The van der Waals surface area contributed by atoms with Gasteiger partial charge in [0.15, 0.2) is 6.04 Å². The van der Waals surface area contributed by atoms with Crippen molar-refractivity contribution in [1.82, 2.24) is 4.90 Å². The average molecular weight is 256 g/mol. The summed E-state index contributed by atoms with van der Waals surface area (Å²) in [6, 6.07) is -0.996. The summed E-state index contributed by atoms with van der Waals surface area (Å²) < 4.78 is 5.13. The summed E-state index contributed by atoms with van der Waals surface area (Å²) in [5.41, 5.74) is 5.98. The van der Waals surface area contributed by atoms with Crippen molar-refractivity contribution in [3.8, 4) is 0 Å². The normalized spacial score (nSPS) is 33.2. The fourth-order valence-electron chi connectivity index (χ4n) is 2.75. The molecule has 3 unspecified atom stereocenters. The van der Waals surface area contributed by atoms with Crippen molar-refractivity contribution in [2.24, 2.45) is 11.7 Å². The van der Waals surface area contributed by atoms with E-state index in [0.29, 0.717) is 13.2 Å². The molecular formula is C12H20N2O4. The minimum Gasteiger partial charge on any atom is -0.480 e. The second-order valence-corrected chi connectivity index (χ2v) is 5.02. The monoisotopic (exact) mass is 256 g/mol. The highest BCUT2D eigenvalue weighted by atomic mass is 16.5. The molecule has 1 aliphatic heterocycles. The molecule has 102 valence electrons. The van der Waals surface area contributed by atoms with E-state index in [0.717, 1.165) is 25.7 Å². The van der Waals surface area contributed by atoms with Crippen molar-refractivity contribution < 1.29 is 19.4 Å². The molecule has 18 heavy (non-hydrogen) atoms. The van der Waals surface area contributed by atoms with Gasteiger partial charge in [0.1, 0.15) is 0 Å². The fraction of sp³-hybridized carbons (Fsp3) is 0.833. The summed E-state index contributed by atoms with van der Waals surface area (Å²) in [7, 11) is 0. The SMILES string of the molecule is NC1CCCCC1C(=O)N1CCOCC1C(=O)O. The Hall–Kier alpha value is -1.14. The highest BCUT2D eigenvalue weighted by molar-refractivity contribution is 5.85. The molecule has 1 heterocycles. The quantitative estimate of drug-likeness (QED) is 0.714. The highest BCUT2D eigenvalue weighted by Crippen LogP contribution is 2.26. The Morgan fingerprint density at radius 3 is 2.67 bits per heavy atom. The van der Waals surface area contributed by atoms with Gasteiger partial charge in [-0.2, -0.15) is 0 Å². The van der Waals surface area contributed by atoms with Crippen molar-refractivity contribution in [1.29, 1.82) is 0 Å². The van der Waals surface area contributed by atoms with Crippen LogP contribution >= 0.6 is 0 Å². The van der Waals surface area contributed by atoms with E-state index in [9.17, 15) is 9.59 Å². The molecule has 3 atom stereocenters. The van der Waals surface area contributed by atoms with E-state index in [1.54, 1.807) is 0 Å². The maximum Gasteiger partial charge on any atom is 0.328 e. The van der Waals surface area contributed by atoms with Crippen LogP contribution in [0.4, 0.5) is 0 Å². The van der Waals surface area contributed by atoms with Crippen LogP contribution in [0.3, 0.4) is 0 Å². The van der Waals surface area contributed by atoms with Crippen molar-refractivity contribution in [3.63, 3.8) is 0 Å². The van der Waals surface area contributed by atoms with Crippen molar-refractivity contribution in [3.05, 3.63) is 0 Å². The average Bonchev–Trinajstić information content (AvgIpc) is 2.38. The summed E-state index contributed by atoms with van der Waals surface area (Å²) in [6.45, 7) is 0.819. The van der Waals surface area contributed by atoms with E-state index < -0.39 is 12.0 Å². The van der Waals surface area contributed by atoms with Crippen LogP contribution in [-0.4, -0.2) is 53.7 Å². The molecule has 1 amide bonds. The number of carbonyl (C=O) groups excluding carboxylic acids is 1. The van der Waals surface area contributed by atoms with E-state index in [-0.39, 0.29) is 24.5 Å². The van der Waals surface area contributed by atoms with Gasteiger partial charge in [-0.1, -0.05) is 12.8 Å². The van der Waals surface area contributed by atoms with Crippen LogP contribution < -0.4 is 5.73 Å². The first-order valence-electron chi connectivity index (χ1n) is 6.48. The summed E-state index contributed by atoms with van der Waals surface area (Å²) >= 11 is 0.